The van der Waals surface area contributed by atoms with Crippen molar-refractivity contribution in [3.05, 3.63) is 99.2 Å². The Morgan fingerprint density at radius 1 is 1.05 bits per heavy atom. The predicted molar refractivity (Wildman–Crippen MR) is 146 cm³/mol. The summed E-state index contributed by atoms with van der Waals surface area (Å²) in [6.07, 6.45) is 0.354. The first-order valence-corrected chi connectivity index (χ1v) is 12.2. The number of nitro groups is 1. The maximum atomic E-state index is 13.9. The van der Waals surface area contributed by atoms with Crippen LogP contribution in [0.25, 0.3) is 16.6 Å². The Morgan fingerprint density at radius 2 is 1.77 bits per heavy atom. The van der Waals surface area contributed by atoms with Crippen LogP contribution < -0.4 is 4.74 Å². The fourth-order valence-corrected chi connectivity index (χ4v) is 4.36. The van der Waals surface area contributed by atoms with Crippen molar-refractivity contribution in [2.45, 2.75) is 27.2 Å². The molecule has 0 unspecified atom stereocenters. The summed E-state index contributed by atoms with van der Waals surface area (Å²) >= 11 is 0. The number of benzene rings is 3. The van der Waals surface area contributed by atoms with Gasteiger partial charge in [0.2, 0.25) is 5.78 Å². The van der Waals surface area contributed by atoms with Crippen LogP contribution in [0.15, 0.2) is 71.9 Å². The Morgan fingerprint density at radius 3 is 2.41 bits per heavy atom. The lowest BCUT2D eigenvalue weighted by atomic mass is 9.97. The number of non-ortho nitro benzene ring substituents is 1. The highest BCUT2D eigenvalue weighted by Gasteiger charge is 2.26. The van der Waals surface area contributed by atoms with Gasteiger partial charge >= 0.3 is 5.97 Å². The van der Waals surface area contributed by atoms with E-state index in [2.05, 4.69) is 5.16 Å². The molecule has 0 radical (unpaired) electrons. The zero-order valence-electron chi connectivity index (χ0n) is 21.7. The van der Waals surface area contributed by atoms with Crippen LogP contribution in [0.3, 0.4) is 0 Å². The van der Waals surface area contributed by atoms with Crippen molar-refractivity contribution in [2.75, 3.05) is 13.2 Å². The second-order valence-corrected chi connectivity index (χ2v) is 8.87. The van der Waals surface area contributed by atoms with E-state index in [1.165, 1.54) is 26.0 Å². The van der Waals surface area contributed by atoms with Gasteiger partial charge in [0.05, 0.1) is 22.6 Å². The van der Waals surface area contributed by atoms with E-state index >= 15 is 0 Å². The second kappa shape index (κ2) is 11.7. The number of hydrogen-bond donors (Lipinski definition) is 1. The molecule has 0 amide bonds. The summed E-state index contributed by atoms with van der Waals surface area (Å²) in [7, 11) is 0. The number of ketones is 1. The lowest BCUT2D eigenvalue weighted by molar-refractivity contribution is -0.384. The van der Waals surface area contributed by atoms with E-state index in [1.807, 2.05) is 35.8 Å². The van der Waals surface area contributed by atoms with Gasteiger partial charge in [-0.15, -0.1) is 0 Å². The molecule has 200 valence electrons. The van der Waals surface area contributed by atoms with Crippen molar-refractivity contribution in [3.8, 4) is 11.4 Å². The van der Waals surface area contributed by atoms with Gasteiger partial charge < -0.3 is 19.2 Å². The van der Waals surface area contributed by atoms with Gasteiger partial charge in [0.25, 0.3) is 5.69 Å². The monoisotopic (exact) mass is 529 g/mol. The summed E-state index contributed by atoms with van der Waals surface area (Å²) in [5.74, 6) is -0.663. The van der Waals surface area contributed by atoms with Gasteiger partial charge in [-0.1, -0.05) is 29.4 Å². The quantitative estimate of drug-likeness (QED) is 0.101. The number of aliphatic hydroxyl groups is 1. The van der Waals surface area contributed by atoms with E-state index in [0.717, 1.165) is 11.1 Å². The number of aryl methyl sites for hydroxylation is 1. The third-order valence-corrected chi connectivity index (χ3v) is 6.20. The molecule has 3 aromatic carbocycles. The summed E-state index contributed by atoms with van der Waals surface area (Å²) in [6.45, 7) is 4.52. The number of carbonyl (C=O) groups is 2. The molecule has 0 fully saturated rings. The van der Waals surface area contributed by atoms with Crippen LogP contribution in [-0.2, 0) is 16.1 Å². The fourth-order valence-electron chi connectivity index (χ4n) is 4.36. The highest BCUT2D eigenvalue weighted by Crippen LogP contribution is 2.35. The molecule has 1 aromatic heterocycles. The average Bonchev–Trinajstić information content (AvgIpc) is 3.24. The van der Waals surface area contributed by atoms with E-state index in [1.54, 1.807) is 30.3 Å². The zero-order valence-corrected chi connectivity index (χ0v) is 21.7. The molecule has 10 heteroatoms. The zero-order chi connectivity index (χ0) is 28.1. The van der Waals surface area contributed by atoms with E-state index in [-0.39, 0.29) is 24.6 Å². The number of rotatable bonds is 10. The van der Waals surface area contributed by atoms with Crippen molar-refractivity contribution in [2.24, 2.45) is 5.16 Å². The number of nitrogens with zero attached hydrogens (tertiary/aromatic N) is 3. The number of Topliss-reactive ketones (excluding diaryl/α,β-unsaturated/α-hetero) is 1. The normalized spacial score (nSPS) is 11.4. The van der Waals surface area contributed by atoms with Crippen LogP contribution >= 0.6 is 0 Å². The third kappa shape index (κ3) is 5.86. The van der Waals surface area contributed by atoms with Gasteiger partial charge in [-0.25, -0.2) is 4.79 Å². The number of aromatic nitrogens is 1. The van der Waals surface area contributed by atoms with Crippen molar-refractivity contribution in [1.29, 1.82) is 0 Å². The van der Waals surface area contributed by atoms with Crippen molar-refractivity contribution >= 4 is 34.1 Å². The summed E-state index contributed by atoms with van der Waals surface area (Å²) in [6, 6.07) is 19.1. The lowest BCUT2D eigenvalue weighted by Gasteiger charge is -2.14. The molecule has 10 nitrogen and oxygen atoms in total. The number of carbonyl (C=O) groups excluding carboxylic acids is 2. The average molecular weight is 530 g/mol. The van der Waals surface area contributed by atoms with Crippen LogP contribution in [0.5, 0.6) is 5.75 Å². The van der Waals surface area contributed by atoms with E-state index in [0.29, 0.717) is 40.0 Å². The van der Waals surface area contributed by atoms with Gasteiger partial charge in [-0.05, 0) is 55.3 Å². The Hall–Kier alpha value is -4.83. The molecular weight excluding hydrogens is 502 g/mol. The number of nitro benzene ring substituents is 1. The van der Waals surface area contributed by atoms with Crippen LogP contribution in [0, 0.1) is 17.0 Å². The van der Waals surface area contributed by atoms with Crippen molar-refractivity contribution in [3.63, 3.8) is 0 Å². The molecule has 4 rings (SSSR count). The van der Waals surface area contributed by atoms with Crippen molar-refractivity contribution in [1.82, 2.24) is 4.57 Å². The molecule has 1 N–H and O–H groups in total. The van der Waals surface area contributed by atoms with Crippen LogP contribution in [0.2, 0.25) is 0 Å². The largest absolute Gasteiger partial charge is 0.491 e. The number of ether oxygens (including phenoxy) is 1. The van der Waals surface area contributed by atoms with Crippen LogP contribution in [-0.4, -0.2) is 45.3 Å². The van der Waals surface area contributed by atoms with Crippen LogP contribution in [0.4, 0.5) is 5.69 Å². The topological polar surface area (TPSA) is 133 Å². The standard InChI is InChI=1S/C29H27N3O7/c1-18-6-4-5-7-21(18)16-27-28(29(35)19(2)30-39-20(3)34)25-17-24(38-15-14-33)12-13-26(25)31(27)22-8-10-23(11-9-22)32(36)37/h4-13,17,33H,14-16H2,1-3H3/b30-19+. The Bertz CT molecular complexity index is 1590. The number of oxime groups is 1. The van der Waals surface area contributed by atoms with Gasteiger partial charge in [0.15, 0.2) is 0 Å². The SMILES string of the molecule is CC(=O)O/N=C(\C)C(=O)c1c(Cc2ccccc2C)n(-c2ccc([N+](=O)[O-])cc2)c2ccc(OCCO)cc12. The minimum Gasteiger partial charge on any atom is -0.491 e. The molecule has 0 saturated carbocycles. The Kier molecular flexibility index (Phi) is 8.16. The molecule has 0 bridgehead atoms. The fraction of sp³-hybridized carbons (Fsp3) is 0.207. The predicted octanol–water partition coefficient (Wildman–Crippen LogP) is 4.93. The van der Waals surface area contributed by atoms with E-state index in [4.69, 9.17) is 9.57 Å². The summed E-state index contributed by atoms with van der Waals surface area (Å²) < 4.78 is 7.51. The lowest BCUT2D eigenvalue weighted by Crippen LogP contribution is -2.15. The molecule has 4 aromatic rings. The number of aliphatic hydroxyl groups excluding tert-OH is 1. The maximum Gasteiger partial charge on any atom is 0.331 e. The maximum absolute atomic E-state index is 13.9. The summed E-state index contributed by atoms with van der Waals surface area (Å²) in [5.41, 5.74) is 4.14. The van der Waals surface area contributed by atoms with Gasteiger partial charge in [-0.2, -0.15) is 0 Å². The molecule has 0 aliphatic rings. The van der Waals surface area contributed by atoms with Gasteiger partial charge in [0.1, 0.15) is 18.1 Å². The Labute approximate surface area is 224 Å². The van der Waals surface area contributed by atoms with Crippen LogP contribution in [0.1, 0.15) is 41.0 Å². The molecule has 1 heterocycles. The highest BCUT2D eigenvalue weighted by molar-refractivity contribution is 6.47. The Balaban J connectivity index is 2.03. The third-order valence-electron chi connectivity index (χ3n) is 6.20. The first-order valence-electron chi connectivity index (χ1n) is 12.2. The molecule has 39 heavy (non-hydrogen) atoms. The minimum absolute atomic E-state index is 0.0272. The second-order valence-electron chi connectivity index (χ2n) is 8.87. The number of fused-ring (bicyclic) bond motifs is 1. The molecule has 0 aliphatic carbocycles. The molecule has 0 saturated heterocycles. The van der Waals surface area contributed by atoms with Gasteiger partial charge in [-0.3, -0.25) is 14.9 Å². The molecule has 0 spiro atoms. The van der Waals surface area contributed by atoms with Crippen molar-refractivity contribution < 1.29 is 29.2 Å². The minimum atomic E-state index is -0.657. The highest BCUT2D eigenvalue weighted by atomic mass is 16.7. The molecule has 0 aliphatic heterocycles. The first-order chi connectivity index (χ1) is 18.7. The molecular formula is C29H27N3O7. The summed E-state index contributed by atoms with van der Waals surface area (Å²) in [4.78, 5) is 40.8. The first kappa shape index (κ1) is 27.2. The smallest absolute Gasteiger partial charge is 0.331 e. The van der Waals surface area contributed by atoms with E-state index in [9.17, 15) is 24.8 Å². The summed E-state index contributed by atoms with van der Waals surface area (Å²) in [5, 5.41) is 24.8. The number of hydrogen-bond acceptors (Lipinski definition) is 8. The molecule has 0 atom stereocenters. The van der Waals surface area contributed by atoms with Gasteiger partial charge in [0, 0.05) is 42.2 Å². The van der Waals surface area contributed by atoms with E-state index < -0.39 is 16.7 Å².